The molecule has 0 saturated carbocycles. The van der Waals surface area contributed by atoms with Crippen molar-refractivity contribution in [2.24, 2.45) is 11.5 Å². The summed E-state index contributed by atoms with van der Waals surface area (Å²) in [4.78, 5) is 10.7. The van der Waals surface area contributed by atoms with E-state index in [2.05, 4.69) is 5.16 Å². The predicted octanol–water partition coefficient (Wildman–Crippen LogP) is 1.06. The lowest BCUT2D eigenvalue weighted by Gasteiger charge is -2.09. The van der Waals surface area contributed by atoms with Crippen molar-refractivity contribution >= 4 is 28.5 Å². The average molecular weight is 270 g/mol. The Morgan fingerprint density at radius 2 is 2.33 bits per heavy atom. The summed E-state index contributed by atoms with van der Waals surface area (Å²) >= 11 is 5.87. The number of nitrogens with zero attached hydrogens (tertiary/aromatic N) is 1. The molecule has 2 rings (SSSR count). The van der Waals surface area contributed by atoms with E-state index in [1.807, 2.05) is 0 Å². The second kappa shape index (κ2) is 5.24. The normalized spacial score (nSPS) is 12.6. The van der Waals surface area contributed by atoms with Crippen LogP contribution in [-0.2, 0) is 4.79 Å². The molecule has 7 heteroatoms. The monoisotopic (exact) mass is 269 g/mol. The van der Waals surface area contributed by atoms with Gasteiger partial charge in [0, 0.05) is 17.5 Å². The molecule has 1 unspecified atom stereocenters. The Morgan fingerprint density at radius 1 is 1.56 bits per heavy atom. The minimum Gasteiger partial charge on any atom is -0.473 e. The molecule has 1 aromatic heterocycles. The summed E-state index contributed by atoms with van der Waals surface area (Å²) in [7, 11) is 0. The van der Waals surface area contributed by atoms with Gasteiger partial charge in [-0.3, -0.25) is 4.79 Å². The number of nitrogens with two attached hydrogens (primary N) is 2. The van der Waals surface area contributed by atoms with E-state index in [0.29, 0.717) is 21.9 Å². The van der Waals surface area contributed by atoms with Gasteiger partial charge in [0.2, 0.25) is 5.91 Å². The molecule has 6 nitrogen and oxygen atoms in total. The van der Waals surface area contributed by atoms with Crippen molar-refractivity contribution in [1.29, 1.82) is 0 Å². The Hall–Kier alpha value is -1.79. The third-order valence-electron chi connectivity index (χ3n) is 2.30. The molecule has 2 aromatic rings. The fourth-order valence-electron chi connectivity index (χ4n) is 1.50. The molecular formula is C11H12ClN3O3. The largest absolute Gasteiger partial charge is 0.473 e. The number of amides is 1. The highest BCUT2D eigenvalue weighted by Gasteiger charge is 2.13. The van der Waals surface area contributed by atoms with E-state index in [1.165, 1.54) is 0 Å². The maximum atomic E-state index is 10.7. The van der Waals surface area contributed by atoms with E-state index in [4.69, 9.17) is 32.3 Å². The second-order valence-corrected chi connectivity index (χ2v) is 4.31. The summed E-state index contributed by atoms with van der Waals surface area (Å²) in [6.45, 7) is 0.122. The Bertz CT molecular complexity index is 570. The molecule has 0 aliphatic heterocycles. The first-order valence-corrected chi connectivity index (χ1v) is 5.65. The van der Waals surface area contributed by atoms with Crippen molar-refractivity contribution in [3.8, 4) is 5.88 Å². The van der Waals surface area contributed by atoms with Crippen LogP contribution in [0.2, 0.25) is 5.02 Å². The number of halogens is 1. The van der Waals surface area contributed by atoms with E-state index in [-0.39, 0.29) is 13.0 Å². The SMILES string of the molecule is NC(=O)CC(N)COc1noc2ccc(Cl)cc12. The van der Waals surface area contributed by atoms with E-state index in [9.17, 15) is 4.79 Å². The smallest absolute Gasteiger partial charge is 0.262 e. The first-order valence-electron chi connectivity index (χ1n) is 5.28. The van der Waals surface area contributed by atoms with E-state index in [0.717, 1.165) is 0 Å². The van der Waals surface area contributed by atoms with E-state index in [1.54, 1.807) is 18.2 Å². The zero-order valence-electron chi connectivity index (χ0n) is 9.43. The number of carbonyl (C=O) groups excluding carboxylic acids is 1. The summed E-state index contributed by atoms with van der Waals surface area (Å²) in [5, 5.41) is 4.97. The third kappa shape index (κ3) is 2.91. The predicted molar refractivity (Wildman–Crippen MR) is 66.3 cm³/mol. The van der Waals surface area contributed by atoms with Gasteiger partial charge in [0.05, 0.1) is 5.39 Å². The van der Waals surface area contributed by atoms with Gasteiger partial charge in [-0.05, 0) is 23.4 Å². The number of rotatable bonds is 5. The number of hydrogen-bond acceptors (Lipinski definition) is 5. The van der Waals surface area contributed by atoms with E-state index >= 15 is 0 Å². The van der Waals surface area contributed by atoms with Crippen LogP contribution in [0.25, 0.3) is 11.0 Å². The maximum absolute atomic E-state index is 10.7. The Morgan fingerprint density at radius 3 is 3.06 bits per heavy atom. The van der Waals surface area contributed by atoms with Crippen molar-refractivity contribution in [2.75, 3.05) is 6.61 Å². The van der Waals surface area contributed by atoms with Crippen LogP contribution in [0.5, 0.6) is 5.88 Å². The molecule has 0 bridgehead atoms. The van der Waals surface area contributed by atoms with Crippen molar-refractivity contribution in [1.82, 2.24) is 5.16 Å². The number of fused-ring (bicyclic) bond motifs is 1. The number of carbonyl (C=O) groups is 1. The highest BCUT2D eigenvalue weighted by molar-refractivity contribution is 6.31. The third-order valence-corrected chi connectivity index (χ3v) is 2.53. The molecule has 1 heterocycles. The average Bonchev–Trinajstić information content (AvgIpc) is 2.68. The van der Waals surface area contributed by atoms with Gasteiger partial charge < -0.3 is 20.7 Å². The van der Waals surface area contributed by atoms with Crippen molar-refractivity contribution in [3.05, 3.63) is 23.2 Å². The van der Waals surface area contributed by atoms with Crippen LogP contribution < -0.4 is 16.2 Å². The first-order chi connectivity index (χ1) is 8.56. The summed E-state index contributed by atoms with van der Waals surface area (Å²) in [6.07, 6.45) is 0.0521. The molecule has 1 atom stereocenters. The lowest BCUT2D eigenvalue weighted by Crippen LogP contribution is -2.32. The molecular weight excluding hydrogens is 258 g/mol. The van der Waals surface area contributed by atoms with Gasteiger partial charge >= 0.3 is 0 Å². The lowest BCUT2D eigenvalue weighted by atomic mass is 10.2. The summed E-state index contributed by atoms with van der Waals surface area (Å²) in [5.74, 6) is -0.174. The molecule has 0 fully saturated rings. The molecule has 96 valence electrons. The summed E-state index contributed by atoms with van der Waals surface area (Å²) < 4.78 is 10.4. The van der Waals surface area contributed by atoms with Gasteiger partial charge in [0.1, 0.15) is 6.61 Å². The Balaban J connectivity index is 2.07. The van der Waals surface area contributed by atoms with Crippen LogP contribution >= 0.6 is 11.6 Å². The topological polar surface area (TPSA) is 104 Å². The van der Waals surface area contributed by atoms with Crippen LogP contribution in [0.3, 0.4) is 0 Å². The molecule has 1 amide bonds. The quantitative estimate of drug-likeness (QED) is 0.844. The standard InChI is InChI=1S/C11H12ClN3O3/c12-6-1-2-9-8(3-6)11(15-18-9)17-5-7(13)4-10(14)16/h1-3,7H,4-5,13H2,(H2,14,16). The minimum atomic E-state index is -0.478. The van der Waals surface area contributed by atoms with Gasteiger partial charge in [0.25, 0.3) is 5.88 Å². The number of benzene rings is 1. The van der Waals surface area contributed by atoms with Crippen molar-refractivity contribution < 1.29 is 14.1 Å². The number of ether oxygens (including phenoxy) is 1. The molecule has 1 aromatic carbocycles. The van der Waals surface area contributed by atoms with Gasteiger partial charge in [-0.25, -0.2) is 0 Å². The highest BCUT2D eigenvalue weighted by atomic mass is 35.5. The molecule has 4 N–H and O–H groups in total. The zero-order valence-corrected chi connectivity index (χ0v) is 10.2. The Kier molecular flexibility index (Phi) is 3.69. The van der Waals surface area contributed by atoms with Crippen molar-refractivity contribution in [2.45, 2.75) is 12.5 Å². The summed E-state index contributed by atoms with van der Waals surface area (Å²) in [6, 6.07) is 4.59. The van der Waals surface area contributed by atoms with Crippen LogP contribution in [0.1, 0.15) is 6.42 Å². The van der Waals surface area contributed by atoms with E-state index < -0.39 is 11.9 Å². The molecule has 0 aliphatic rings. The first kappa shape index (κ1) is 12.7. The highest BCUT2D eigenvalue weighted by Crippen LogP contribution is 2.27. The van der Waals surface area contributed by atoms with Gasteiger partial charge in [0.15, 0.2) is 5.58 Å². The minimum absolute atomic E-state index is 0.0521. The lowest BCUT2D eigenvalue weighted by molar-refractivity contribution is -0.118. The number of hydrogen-bond donors (Lipinski definition) is 2. The number of primary amides is 1. The maximum Gasteiger partial charge on any atom is 0.262 e. The molecule has 0 saturated heterocycles. The zero-order chi connectivity index (χ0) is 13.1. The van der Waals surface area contributed by atoms with Crippen LogP contribution in [0.15, 0.2) is 22.7 Å². The second-order valence-electron chi connectivity index (χ2n) is 3.87. The fourth-order valence-corrected chi connectivity index (χ4v) is 1.67. The fraction of sp³-hybridized carbons (Fsp3) is 0.273. The van der Waals surface area contributed by atoms with Crippen LogP contribution in [0.4, 0.5) is 0 Å². The molecule has 0 radical (unpaired) electrons. The molecule has 0 aliphatic carbocycles. The number of aromatic nitrogens is 1. The van der Waals surface area contributed by atoms with Crippen LogP contribution in [0, 0.1) is 0 Å². The van der Waals surface area contributed by atoms with Crippen molar-refractivity contribution in [3.63, 3.8) is 0 Å². The Labute approximate surface area is 108 Å². The van der Waals surface area contributed by atoms with Gasteiger partial charge in [-0.1, -0.05) is 11.6 Å². The molecule has 0 spiro atoms. The van der Waals surface area contributed by atoms with Gasteiger partial charge in [-0.2, -0.15) is 0 Å². The molecule has 18 heavy (non-hydrogen) atoms. The van der Waals surface area contributed by atoms with Crippen LogP contribution in [-0.4, -0.2) is 23.7 Å². The summed E-state index contributed by atoms with van der Waals surface area (Å²) in [5.41, 5.74) is 11.2. The van der Waals surface area contributed by atoms with Gasteiger partial charge in [-0.15, -0.1) is 0 Å².